The number of likely N-dealkylation sites (tertiary alicyclic amines) is 1. The molecule has 2 aromatic carbocycles. The molecule has 3 heterocycles. The first-order valence-corrected chi connectivity index (χ1v) is 11.3. The highest BCUT2D eigenvalue weighted by molar-refractivity contribution is 6.30. The van der Waals surface area contributed by atoms with Crippen molar-refractivity contribution in [1.29, 1.82) is 0 Å². The zero-order chi connectivity index (χ0) is 22.8. The van der Waals surface area contributed by atoms with E-state index in [9.17, 15) is 9.59 Å². The summed E-state index contributed by atoms with van der Waals surface area (Å²) in [5, 5.41) is 8.79. The van der Waals surface area contributed by atoms with Crippen LogP contribution in [-0.2, 0) is 17.8 Å². The lowest BCUT2D eigenvalue weighted by molar-refractivity contribution is -0.131. The van der Waals surface area contributed by atoms with Gasteiger partial charge in [-0.1, -0.05) is 59.3 Å². The molecule has 0 radical (unpaired) electrons. The Kier molecular flexibility index (Phi) is 5.92. The molecule has 168 valence electrons. The summed E-state index contributed by atoms with van der Waals surface area (Å²) in [5.74, 6) is 0.815. The van der Waals surface area contributed by atoms with Crippen LogP contribution in [0.5, 0.6) is 0 Å². The molecule has 5 rings (SSSR count). The maximum Gasteiger partial charge on any atom is 0.281 e. The highest BCUT2D eigenvalue weighted by Crippen LogP contribution is 2.26. The van der Waals surface area contributed by atoms with Gasteiger partial charge in [-0.2, -0.15) is 0 Å². The molecule has 8 nitrogen and oxygen atoms in total. The number of halogens is 1. The minimum Gasteiger partial charge on any atom is -0.342 e. The van der Waals surface area contributed by atoms with Gasteiger partial charge in [0.05, 0.1) is 13.0 Å². The van der Waals surface area contributed by atoms with Gasteiger partial charge in [0.15, 0.2) is 11.2 Å². The molecule has 0 unspecified atom stereocenters. The van der Waals surface area contributed by atoms with Crippen LogP contribution in [0.1, 0.15) is 35.7 Å². The lowest BCUT2D eigenvalue weighted by Crippen LogP contribution is -2.39. The second-order valence-electron chi connectivity index (χ2n) is 8.32. The number of carbonyl (C=O) groups excluding carboxylic acids is 1. The molecule has 1 amide bonds. The normalized spacial score (nSPS) is 14.6. The van der Waals surface area contributed by atoms with Crippen LogP contribution in [0.25, 0.3) is 11.2 Å². The fourth-order valence-electron chi connectivity index (χ4n) is 4.28. The van der Waals surface area contributed by atoms with E-state index in [-0.39, 0.29) is 22.9 Å². The Morgan fingerprint density at radius 2 is 1.82 bits per heavy atom. The highest BCUT2D eigenvalue weighted by atomic mass is 35.5. The van der Waals surface area contributed by atoms with Crippen LogP contribution < -0.4 is 5.56 Å². The molecule has 9 heteroatoms. The molecule has 1 fully saturated rings. The van der Waals surface area contributed by atoms with E-state index in [2.05, 4.69) is 15.3 Å². The summed E-state index contributed by atoms with van der Waals surface area (Å²) in [6.45, 7) is 1.69. The number of amides is 1. The van der Waals surface area contributed by atoms with Crippen molar-refractivity contribution >= 4 is 28.7 Å². The van der Waals surface area contributed by atoms with Crippen molar-refractivity contribution in [3.63, 3.8) is 0 Å². The van der Waals surface area contributed by atoms with Crippen molar-refractivity contribution in [2.24, 2.45) is 0 Å². The molecule has 2 aromatic heterocycles. The highest BCUT2D eigenvalue weighted by Gasteiger charge is 2.26. The fraction of sp³-hybridized carbons (Fsp3) is 0.292. The number of H-pyrrole nitrogens is 1. The first kappa shape index (κ1) is 21.3. The number of carbonyl (C=O) groups is 1. The second-order valence-corrected chi connectivity index (χ2v) is 8.75. The minimum absolute atomic E-state index is 0.0670. The van der Waals surface area contributed by atoms with Gasteiger partial charge in [0.25, 0.3) is 5.56 Å². The Hall–Kier alpha value is -3.52. The number of fused-ring (bicyclic) bond motifs is 1. The van der Waals surface area contributed by atoms with Crippen molar-refractivity contribution in [1.82, 2.24) is 29.9 Å². The molecule has 0 bridgehead atoms. The quantitative estimate of drug-likeness (QED) is 0.491. The fourth-order valence-corrected chi connectivity index (χ4v) is 4.49. The third-order valence-corrected chi connectivity index (χ3v) is 6.28. The van der Waals surface area contributed by atoms with Gasteiger partial charge in [0.2, 0.25) is 5.91 Å². The largest absolute Gasteiger partial charge is 0.342 e. The van der Waals surface area contributed by atoms with Gasteiger partial charge in [-0.05, 0) is 36.1 Å². The van der Waals surface area contributed by atoms with Crippen LogP contribution in [0.2, 0.25) is 5.02 Å². The number of rotatable bonds is 5. The molecule has 0 atom stereocenters. The van der Waals surface area contributed by atoms with Crippen LogP contribution in [0.3, 0.4) is 0 Å². The Morgan fingerprint density at radius 3 is 2.58 bits per heavy atom. The lowest BCUT2D eigenvalue weighted by atomic mass is 9.95. The first-order valence-electron chi connectivity index (χ1n) is 11.0. The van der Waals surface area contributed by atoms with E-state index in [1.807, 2.05) is 59.5 Å². The lowest BCUT2D eigenvalue weighted by Gasteiger charge is -2.31. The third kappa shape index (κ3) is 4.66. The van der Waals surface area contributed by atoms with Crippen molar-refractivity contribution in [2.45, 2.75) is 31.7 Å². The first-order chi connectivity index (χ1) is 16.1. The van der Waals surface area contributed by atoms with Gasteiger partial charge in [-0.25, -0.2) is 9.67 Å². The topological polar surface area (TPSA) is 96.8 Å². The molecule has 1 aliphatic heterocycles. The molecule has 33 heavy (non-hydrogen) atoms. The Labute approximate surface area is 195 Å². The Balaban J connectivity index is 1.31. The van der Waals surface area contributed by atoms with E-state index in [1.165, 1.54) is 0 Å². The molecule has 0 spiro atoms. The summed E-state index contributed by atoms with van der Waals surface area (Å²) >= 11 is 6.09. The van der Waals surface area contributed by atoms with Crippen molar-refractivity contribution < 1.29 is 4.79 Å². The van der Waals surface area contributed by atoms with Gasteiger partial charge in [-0.3, -0.25) is 9.59 Å². The number of nitrogens with one attached hydrogen (secondary N) is 1. The molecule has 1 saturated heterocycles. The van der Waals surface area contributed by atoms with Crippen molar-refractivity contribution in [2.75, 3.05) is 13.1 Å². The summed E-state index contributed by atoms with van der Waals surface area (Å²) < 4.78 is 1.62. The van der Waals surface area contributed by atoms with Crippen molar-refractivity contribution in [3.8, 4) is 0 Å². The average Bonchev–Trinajstić information content (AvgIpc) is 3.23. The standard InChI is InChI=1S/C24H23ClN6O2/c25-19-8-4-7-17(13-19)15-31-23-21(28-29-31)24(33)27-22(26-23)18-9-11-30(12-10-18)20(32)14-16-5-2-1-3-6-16/h1-8,13,18H,9-12,14-15H2,(H,26,27,33). The second kappa shape index (κ2) is 9.15. The zero-order valence-corrected chi connectivity index (χ0v) is 18.7. The number of aromatic amines is 1. The van der Waals surface area contributed by atoms with E-state index < -0.39 is 0 Å². The minimum atomic E-state index is -0.296. The average molecular weight is 463 g/mol. The molecular formula is C24H23ClN6O2. The number of hydrogen-bond acceptors (Lipinski definition) is 5. The van der Waals surface area contributed by atoms with Crippen LogP contribution in [0.4, 0.5) is 0 Å². The third-order valence-electron chi connectivity index (χ3n) is 6.05. The van der Waals surface area contributed by atoms with Gasteiger partial charge < -0.3 is 9.88 Å². The van der Waals surface area contributed by atoms with Gasteiger partial charge in [0, 0.05) is 24.0 Å². The van der Waals surface area contributed by atoms with E-state index in [0.717, 1.165) is 24.0 Å². The summed E-state index contributed by atoms with van der Waals surface area (Å²) in [5.41, 5.74) is 2.34. The Bertz CT molecular complexity index is 1340. The number of aromatic nitrogens is 5. The predicted octanol–water partition coefficient (Wildman–Crippen LogP) is 3.17. The SMILES string of the molecule is O=C(Cc1ccccc1)N1CCC(c2nc3c(nnn3Cc3cccc(Cl)c3)c(=O)[nH]2)CC1. The van der Waals surface area contributed by atoms with Gasteiger partial charge >= 0.3 is 0 Å². The van der Waals surface area contributed by atoms with Crippen LogP contribution >= 0.6 is 11.6 Å². The molecule has 0 saturated carbocycles. The summed E-state index contributed by atoms with van der Waals surface area (Å²) in [6.07, 6.45) is 1.89. The van der Waals surface area contributed by atoms with E-state index in [1.54, 1.807) is 4.68 Å². The number of benzene rings is 2. The van der Waals surface area contributed by atoms with E-state index >= 15 is 0 Å². The van der Waals surface area contributed by atoms with Crippen LogP contribution in [0, 0.1) is 0 Å². The number of hydrogen-bond donors (Lipinski definition) is 1. The smallest absolute Gasteiger partial charge is 0.281 e. The monoisotopic (exact) mass is 462 g/mol. The van der Waals surface area contributed by atoms with Crippen LogP contribution in [0.15, 0.2) is 59.4 Å². The Morgan fingerprint density at radius 1 is 1.06 bits per heavy atom. The summed E-state index contributed by atoms with van der Waals surface area (Å²) in [7, 11) is 0. The maximum absolute atomic E-state index is 12.7. The summed E-state index contributed by atoms with van der Waals surface area (Å²) in [6, 6.07) is 17.2. The van der Waals surface area contributed by atoms with Gasteiger partial charge in [0.1, 0.15) is 5.82 Å². The molecule has 1 aliphatic rings. The van der Waals surface area contributed by atoms with Crippen molar-refractivity contribution in [3.05, 3.63) is 86.9 Å². The predicted molar refractivity (Wildman–Crippen MR) is 125 cm³/mol. The molecule has 1 N–H and O–H groups in total. The maximum atomic E-state index is 12.7. The van der Waals surface area contributed by atoms with E-state index in [4.69, 9.17) is 16.6 Å². The zero-order valence-electron chi connectivity index (χ0n) is 17.9. The molecular weight excluding hydrogens is 440 g/mol. The summed E-state index contributed by atoms with van der Waals surface area (Å²) in [4.78, 5) is 34.8. The number of piperidine rings is 1. The van der Waals surface area contributed by atoms with Crippen LogP contribution in [-0.4, -0.2) is 48.9 Å². The number of nitrogens with zero attached hydrogens (tertiary/aromatic N) is 5. The van der Waals surface area contributed by atoms with Gasteiger partial charge in [-0.15, -0.1) is 5.10 Å². The van der Waals surface area contributed by atoms with E-state index in [0.29, 0.717) is 42.5 Å². The molecule has 0 aliphatic carbocycles. The molecule has 4 aromatic rings.